The Morgan fingerprint density at radius 3 is 2.71 bits per heavy atom. The molecule has 7 N–H and O–H groups in total. The van der Waals surface area contributed by atoms with E-state index in [1.165, 1.54) is 6.33 Å². The van der Waals surface area contributed by atoms with Crippen LogP contribution in [0.15, 0.2) is 6.33 Å². The van der Waals surface area contributed by atoms with Gasteiger partial charge in [-0.25, -0.2) is 9.97 Å². The van der Waals surface area contributed by atoms with E-state index in [4.69, 9.17) is 21.3 Å². The first kappa shape index (κ1) is 14.2. The molecule has 0 bridgehead atoms. The topological polar surface area (TPSA) is 154 Å². The molecule has 3 heterocycles. The Bertz CT molecular complexity index is 531. The van der Waals surface area contributed by atoms with Crippen LogP contribution in [-0.4, -0.2) is 69.8 Å². The van der Waals surface area contributed by atoms with Crippen molar-refractivity contribution in [2.24, 2.45) is 5.73 Å². The van der Waals surface area contributed by atoms with Gasteiger partial charge in [0.05, 0.1) is 19.9 Å². The van der Waals surface area contributed by atoms with Gasteiger partial charge in [-0.15, -0.1) is 0 Å². The molecule has 0 saturated carbocycles. The van der Waals surface area contributed by atoms with Crippen LogP contribution in [0.4, 0.5) is 17.3 Å². The fourth-order valence-electron chi connectivity index (χ4n) is 2.71. The van der Waals surface area contributed by atoms with E-state index in [0.717, 1.165) is 0 Å². The van der Waals surface area contributed by atoms with Gasteiger partial charge < -0.3 is 41.3 Å². The molecule has 2 unspecified atom stereocenters. The highest BCUT2D eigenvalue weighted by molar-refractivity contribution is 5.81. The minimum absolute atomic E-state index is 0.190. The summed E-state index contributed by atoms with van der Waals surface area (Å²) in [7, 11) is 0. The molecule has 3 rings (SSSR count). The average molecular weight is 298 g/mol. The van der Waals surface area contributed by atoms with E-state index >= 15 is 0 Å². The summed E-state index contributed by atoms with van der Waals surface area (Å²) >= 11 is 0. The summed E-state index contributed by atoms with van der Waals surface area (Å²) < 4.78 is 5.52. The van der Waals surface area contributed by atoms with Crippen molar-refractivity contribution in [1.82, 2.24) is 9.97 Å². The van der Waals surface area contributed by atoms with Gasteiger partial charge in [0.1, 0.15) is 30.3 Å². The van der Waals surface area contributed by atoms with Crippen molar-refractivity contribution in [3.8, 4) is 0 Å². The predicted molar refractivity (Wildman–Crippen MR) is 73.1 cm³/mol. The Kier molecular flexibility index (Phi) is 3.55. The monoisotopic (exact) mass is 298 g/mol. The zero-order chi connectivity index (χ0) is 15.1. The molecule has 1 fully saturated rings. The number of fused-ring (bicyclic) bond motifs is 1. The second-order valence-electron chi connectivity index (χ2n) is 4.99. The van der Waals surface area contributed by atoms with E-state index in [0.29, 0.717) is 18.2 Å². The number of hydrogen-bond acceptors (Lipinski definition) is 10. The van der Waals surface area contributed by atoms with Crippen LogP contribution in [0.2, 0.25) is 0 Å². The lowest BCUT2D eigenvalue weighted by Crippen LogP contribution is -2.46. The van der Waals surface area contributed by atoms with E-state index in [2.05, 4.69) is 9.97 Å². The van der Waals surface area contributed by atoms with Crippen molar-refractivity contribution in [2.75, 3.05) is 35.5 Å². The Labute approximate surface area is 120 Å². The lowest BCUT2D eigenvalue weighted by molar-refractivity contribution is -0.0222. The van der Waals surface area contributed by atoms with E-state index in [-0.39, 0.29) is 19.1 Å². The van der Waals surface area contributed by atoms with Gasteiger partial charge in [-0.1, -0.05) is 0 Å². The number of nitrogens with zero attached hydrogens (tertiary/aromatic N) is 4. The van der Waals surface area contributed by atoms with Crippen LogP contribution in [0.3, 0.4) is 0 Å². The van der Waals surface area contributed by atoms with Gasteiger partial charge in [-0.3, -0.25) is 0 Å². The SMILES string of the molecule is NCN1CN([C@@H]2O[C@H](CO)C(O)C2O)c2ncnc(N)c21. The minimum Gasteiger partial charge on any atom is -0.394 e. The van der Waals surface area contributed by atoms with E-state index in [1.807, 2.05) is 0 Å². The minimum atomic E-state index is -1.18. The summed E-state index contributed by atoms with van der Waals surface area (Å²) in [6, 6.07) is 0. The van der Waals surface area contributed by atoms with Crippen molar-refractivity contribution >= 4 is 17.3 Å². The second kappa shape index (κ2) is 5.24. The summed E-state index contributed by atoms with van der Waals surface area (Å²) in [5.41, 5.74) is 12.1. The molecular weight excluding hydrogens is 280 g/mol. The summed E-state index contributed by atoms with van der Waals surface area (Å²) in [5, 5.41) is 29.1. The van der Waals surface area contributed by atoms with Crippen LogP contribution in [0.25, 0.3) is 0 Å². The quantitative estimate of drug-likeness (QED) is 0.390. The zero-order valence-corrected chi connectivity index (χ0v) is 11.2. The summed E-state index contributed by atoms with van der Waals surface area (Å²) in [6.07, 6.45) is -2.73. The van der Waals surface area contributed by atoms with E-state index in [1.54, 1.807) is 9.80 Å². The molecule has 4 atom stereocenters. The molecular formula is C11H18N6O4. The molecule has 116 valence electrons. The number of ether oxygens (including phenoxy) is 1. The first-order chi connectivity index (χ1) is 10.1. The van der Waals surface area contributed by atoms with Crippen LogP contribution >= 0.6 is 0 Å². The highest BCUT2D eigenvalue weighted by Crippen LogP contribution is 2.40. The predicted octanol–water partition coefficient (Wildman–Crippen LogP) is -3.00. The summed E-state index contributed by atoms with van der Waals surface area (Å²) in [5.74, 6) is 0.752. The van der Waals surface area contributed by atoms with Gasteiger partial charge in [0.25, 0.3) is 0 Å². The molecule has 0 aliphatic carbocycles. The molecule has 10 nitrogen and oxygen atoms in total. The maximum Gasteiger partial charge on any atom is 0.162 e. The van der Waals surface area contributed by atoms with Crippen molar-refractivity contribution < 1.29 is 20.1 Å². The molecule has 2 aliphatic rings. The lowest BCUT2D eigenvalue weighted by Gasteiger charge is -2.27. The Morgan fingerprint density at radius 1 is 1.33 bits per heavy atom. The zero-order valence-electron chi connectivity index (χ0n) is 11.2. The van der Waals surface area contributed by atoms with Crippen LogP contribution in [0.1, 0.15) is 0 Å². The Hall–Kier alpha value is -1.72. The summed E-state index contributed by atoms with van der Waals surface area (Å²) in [4.78, 5) is 11.5. The highest BCUT2D eigenvalue weighted by atomic mass is 16.6. The lowest BCUT2D eigenvalue weighted by atomic mass is 10.1. The third kappa shape index (κ3) is 2.08. The number of aromatic nitrogens is 2. The summed E-state index contributed by atoms with van der Waals surface area (Å²) in [6.45, 7) is 0.0964. The maximum atomic E-state index is 10.1. The molecule has 0 amide bonds. The van der Waals surface area contributed by atoms with Gasteiger partial charge >= 0.3 is 0 Å². The highest BCUT2D eigenvalue weighted by Gasteiger charge is 2.48. The van der Waals surface area contributed by atoms with E-state index < -0.39 is 24.5 Å². The van der Waals surface area contributed by atoms with Gasteiger partial charge in [-0.2, -0.15) is 0 Å². The van der Waals surface area contributed by atoms with Gasteiger partial charge in [-0.05, 0) is 0 Å². The fraction of sp³-hybridized carbons (Fsp3) is 0.636. The number of aliphatic hydroxyl groups excluding tert-OH is 3. The smallest absolute Gasteiger partial charge is 0.162 e. The first-order valence-corrected chi connectivity index (χ1v) is 6.53. The number of rotatable bonds is 3. The molecule has 10 heteroatoms. The van der Waals surface area contributed by atoms with Crippen LogP contribution in [0.5, 0.6) is 0 Å². The maximum absolute atomic E-state index is 10.1. The Morgan fingerprint density at radius 2 is 2.10 bits per heavy atom. The molecule has 0 aromatic carbocycles. The molecule has 0 spiro atoms. The number of nitrogens with two attached hydrogens (primary N) is 2. The van der Waals surface area contributed by atoms with Crippen molar-refractivity contribution in [3.63, 3.8) is 0 Å². The normalized spacial score (nSPS) is 31.8. The largest absolute Gasteiger partial charge is 0.394 e. The Balaban J connectivity index is 1.94. The number of anilines is 3. The van der Waals surface area contributed by atoms with Crippen LogP contribution in [-0.2, 0) is 4.74 Å². The standard InChI is InChI=1S/C11H18N6O4/c12-2-16-4-17(10-6(16)9(13)14-3-15-10)11-8(20)7(19)5(1-18)21-11/h3,5,7-8,11,18-20H,1-2,4,12H2,(H2,13,14,15)/t5-,7?,8?,11-/m1/s1. The second-order valence-corrected chi connectivity index (χ2v) is 4.99. The number of hydrogen-bond donors (Lipinski definition) is 5. The van der Waals surface area contributed by atoms with Crippen molar-refractivity contribution in [1.29, 1.82) is 0 Å². The fourth-order valence-corrected chi connectivity index (χ4v) is 2.71. The van der Waals surface area contributed by atoms with Gasteiger partial charge in [0.2, 0.25) is 0 Å². The molecule has 0 radical (unpaired) electrons. The molecule has 2 aliphatic heterocycles. The first-order valence-electron chi connectivity index (χ1n) is 6.53. The molecule has 1 aromatic rings. The van der Waals surface area contributed by atoms with Crippen LogP contribution < -0.4 is 21.3 Å². The van der Waals surface area contributed by atoms with E-state index in [9.17, 15) is 10.2 Å². The molecule has 21 heavy (non-hydrogen) atoms. The average Bonchev–Trinajstić information content (AvgIpc) is 2.99. The molecule has 1 aromatic heterocycles. The third-order valence-corrected chi connectivity index (χ3v) is 3.79. The molecule has 1 saturated heterocycles. The third-order valence-electron chi connectivity index (χ3n) is 3.79. The van der Waals surface area contributed by atoms with Crippen LogP contribution in [0, 0.1) is 0 Å². The number of nitrogen functional groups attached to an aromatic ring is 1. The number of aliphatic hydroxyl groups is 3. The van der Waals surface area contributed by atoms with Gasteiger partial charge in [0.15, 0.2) is 17.9 Å². The van der Waals surface area contributed by atoms with Crippen molar-refractivity contribution in [2.45, 2.75) is 24.5 Å². The van der Waals surface area contributed by atoms with Crippen molar-refractivity contribution in [3.05, 3.63) is 6.33 Å². The van der Waals surface area contributed by atoms with Gasteiger partial charge in [0, 0.05) is 0 Å².